The standard InChI is InChI=1S/C19H27ClN6O2.HI/c1-2-21-19(23-10-12-26-16(27)6-3-7-17(26)28)24-14-8-11-25(13-14)18-15(20)5-4-9-22-18;/h4-5,9,14H,2-3,6-8,10-13H2,1H3,(H2,21,23,24);1H. The first-order chi connectivity index (χ1) is 13.6. The van der Waals surface area contributed by atoms with E-state index in [0.717, 1.165) is 31.9 Å². The van der Waals surface area contributed by atoms with E-state index in [-0.39, 0.29) is 41.8 Å². The fourth-order valence-electron chi connectivity index (χ4n) is 3.50. The molecule has 0 aromatic carbocycles. The number of aromatic nitrogens is 1. The lowest BCUT2D eigenvalue weighted by atomic mass is 10.1. The van der Waals surface area contributed by atoms with Crippen molar-refractivity contribution in [1.82, 2.24) is 20.5 Å². The van der Waals surface area contributed by atoms with Crippen LogP contribution in [-0.2, 0) is 9.59 Å². The maximum atomic E-state index is 11.9. The summed E-state index contributed by atoms with van der Waals surface area (Å²) in [7, 11) is 0. The lowest BCUT2D eigenvalue weighted by Gasteiger charge is -2.24. The molecule has 2 fully saturated rings. The topological polar surface area (TPSA) is 89.9 Å². The third-order valence-corrected chi connectivity index (χ3v) is 5.18. The van der Waals surface area contributed by atoms with Crippen molar-refractivity contribution in [1.29, 1.82) is 0 Å². The molecule has 8 nitrogen and oxygen atoms in total. The van der Waals surface area contributed by atoms with E-state index in [1.165, 1.54) is 4.90 Å². The van der Waals surface area contributed by atoms with Crippen LogP contribution in [0.15, 0.2) is 23.3 Å². The van der Waals surface area contributed by atoms with Gasteiger partial charge in [-0.05, 0) is 31.9 Å². The van der Waals surface area contributed by atoms with Gasteiger partial charge in [0.1, 0.15) is 5.82 Å². The summed E-state index contributed by atoms with van der Waals surface area (Å²) >= 11 is 6.25. The van der Waals surface area contributed by atoms with Gasteiger partial charge in [0.2, 0.25) is 11.8 Å². The number of pyridine rings is 1. The Bertz CT molecular complexity index is 731. The lowest BCUT2D eigenvalue weighted by Crippen LogP contribution is -2.45. The molecule has 2 aliphatic rings. The maximum Gasteiger partial charge on any atom is 0.229 e. The second kappa shape index (κ2) is 11.5. The number of hydrogen-bond acceptors (Lipinski definition) is 5. The Morgan fingerprint density at radius 2 is 2.10 bits per heavy atom. The number of rotatable bonds is 6. The maximum absolute atomic E-state index is 11.9. The van der Waals surface area contributed by atoms with Gasteiger partial charge in [-0.25, -0.2) is 4.98 Å². The number of imide groups is 1. The molecule has 1 aromatic heterocycles. The fourth-order valence-corrected chi connectivity index (χ4v) is 3.75. The summed E-state index contributed by atoms with van der Waals surface area (Å²) in [6, 6.07) is 3.89. The highest BCUT2D eigenvalue weighted by atomic mass is 127. The normalized spacial score (nSPS) is 19.9. The highest BCUT2D eigenvalue weighted by Gasteiger charge is 2.26. The zero-order chi connectivity index (χ0) is 19.9. The van der Waals surface area contributed by atoms with Gasteiger partial charge in [-0.2, -0.15) is 0 Å². The molecule has 10 heteroatoms. The van der Waals surface area contributed by atoms with Crippen molar-refractivity contribution in [2.45, 2.75) is 38.6 Å². The molecule has 0 bridgehead atoms. The van der Waals surface area contributed by atoms with Gasteiger partial charge in [0.25, 0.3) is 0 Å². The Balaban J connectivity index is 0.00000300. The van der Waals surface area contributed by atoms with Gasteiger partial charge < -0.3 is 15.5 Å². The van der Waals surface area contributed by atoms with Gasteiger partial charge in [0.15, 0.2) is 5.96 Å². The van der Waals surface area contributed by atoms with E-state index in [4.69, 9.17) is 11.6 Å². The summed E-state index contributed by atoms with van der Waals surface area (Å²) in [5, 5.41) is 7.31. The van der Waals surface area contributed by atoms with Crippen LogP contribution >= 0.6 is 35.6 Å². The molecule has 2 amide bonds. The van der Waals surface area contributed by atoms with Crippen molar-refractivity contribution in [3.63, 3.8) is 0 Å². The van der Waals surface area contributed by atoms with Crippen LogP contribution in [-0.4, -0.2) is 66.4 Å². The number of amides is 2. The van der Waals surface area contributed by atoms with E-state index in [0.29, 0.717) is 43.3 Å². The SMILES string of the molecule is CCNC(=NCCN1C(=O)CCCC1=O)NC1CCN(c2ncccc2Cl)C1.I. The van der Waals surface area contributed by atoms with Crippen LogP contribution < -0.4 is 15.5 Å². The summed E-state index contributed by atoms with van der Waals surface area (Å²) in [6.45, 7) is 5.10. The second-order valence-electron chi connectivity index (χ2n) is 6.94. The number of nitrogens with one attached hydrogen (secondary N) is 2. The van der Waals surface area contributed by atoms with Crippen molar-refractivity contribution in [2.24, 2.45) is 4.99 Å². The van der Waals surface area contributed by atoms with Crippen LogP contribution in [0, 0.1) is 0 Å². The molecule has 3 rings (SSSR count). The van der Waals surface area contributed by atoms with E-state index >= 15 is 0 Å². The lowest BCUT2D eigenvalue weighted by molar-refractivity contribution is -0.147. The molecular formula is C19H28ClIN6O2. The van der Waals surface area contributed by atoms with E-state index in [9.17, 15) is 9.59 Å². The first kappa shape index (κ1) is 23.7. The average Bonchev–Trinajstić information content (AvgIpc) is 3.13. The zero-order valence-corrected chi connectivity index (χ0v) is 19.7. The monoisotopic (exact) mass is 534 g/mol. The number of halogens is 2. The Morgan fingerprint density at radius 1 is 1.34 bits per heavy atom. The van der Waals surface area contributed by atoms with Crippen LogP contribution in [0.5, 0.6) is 0 Å². The molecule has 0 spiro atoms. The molecule has 29 heavy (non-hydrogen) atoms. The molecule has 0 aliphatic carbocycles. The minimum absolute atomic E-state index is 0. The molecule has 0 radical (unpaired) electrons. The van der Waals surface area contributed by atoms with Crippen LogP contribution in [0.25, 0.3) is 0 Å². The zero-order valence-electron chi connectivity index (χ0n) is 16.6. The number of aliphatic imine (C=N–C) groups is 1. The highest BCUT2D eigenvalue weighted by Crippen LogP contribution is 2.25. The molecule has 1 aromatic rings. The Hall–Kier alpha value is -1.62. The predicted octanol–water partition coefficient (Wildman–Crippen LogP) is 2.03. The number of hydrogen-bond donors (Lipinski definition) is 2. The molecule has 2 saturated heterocycles. The Labute approximate surface area is 193 Å². The third-order valence-electron chi connectivity index (χ3n) is 4.89. The summed E-state index contributed by atoms with van der Waals surface area (Å²) in [5.41, 5.74) is 0. The van der Waals surface area contributed by atoms with Crippen LogP contribution in [0.2, 0.25) is 5.02 Å². The summed E-state index contributed by atoms with van der Waals surface area (Å²) < 4.78 is 0. The van der Waals surface area contributed by atoms with Crippen molar-refractivity contribution < 1.29 is 9.59 Å². The molecule has 3 heterocycles. The van der Waals surface area contributed by atoms with Crippen LogP contribution in [0.1, 0.15) is 32.6 Å². The Kier molecular flexibility index (Phi) is 9.41. The van der Waals surface area contributed by atoms with Crippen LogP contribution in [0.4, 0.5) is 5.82 Å². The molecule has 1 atom stereocenters. The van der Waals surface area contributed by atoms with Gasteiger partial charge >= 0.3 is 0 Å². The quantitative estimate of drug-likeness (QED) is 0.251. The van der Waals surface area contributed by atoms with Gasteiger partial charge in [-0.1, -0.05) is 11.6 Å². The van der Waals surface area contributed by atoms with Gasteiger partial charge in [-0.3, -0.25) is 19.5 Å². The first-order valence-corrected chi connectivity index (χ1v) is 10.2. The average molecular weight is 535 g/mol. The van der Waals surface area contributed by atoms with Gasteiger partial charge in [0.05, 0.1) is 11.6 Å². The van der Waals surface area contributed by atoms with E-state index < -0.39 is 0 Å². The minimum Gasteiger partial charge on any atom is -0.357 e. The smallest absolute Gasteiger partial charge is 0.229 e. The van der Waals surface area contributed by atoms with E-state index in [2.05, 4.69) is 25.5 Å². The number of carbonyl (C=O) groups is 2. The third kappa shape index (κ3) is 6.43. The van der Waals surface area contributed by atoms with E-state index in [1.807, 2.05) is 19.1 Å². The molecule has 2 N–H and O–H groups in total. The van der Waals surface area contributed by atoms with Crippen molar-refractivity contribution in [3.8, 4) is 0 Å². The predicted molar refractivity (Wildman–Crippen MR) is 125 cm³/mol. The molecule has 160 valence electrons. The van der Waals surface area contributed by atoms with Crippen molar-refractivity contribution >= 4 is 59.2 Å². The molecule has 2 aliphatic heterocycles. The van der Waals surface area contributed by atoms with E-state index in [1.54, 1.807) is 6.20 Å². The molecule has 1 unspecified atom stereocenters. The number of carbonyl (C=O) groups excluding carboxylic acids is 2. The first-order valence-electron chi connectivity index (χ1n) is 9.82. The van der Waals surface area contributed by atoms with Crippen molar-refractivity contribution in [3.05, 3.63) is 23.4 Å². The summed E-state index contributed by atoms with van der Waals surface area (Å²) in [4.78, 5) is 36.2. The number of likely N-dealkylation sites (tertiary alicyclic amines) is 1. The second-order valence-corrected chi connectivity index (χ2v) is 7.35. The number of piperidine rings is 1. The van der Waals surface area contributed by atoms with Gasteiger partial charge in [-0.15, -0.1) is 24.0 Å². The van der Waals surface area contributed by atoms with Crippen molar-refractivity contribution in [2.75, 3.05) is 37.6 Å². The highest BCUT2D eigenvalue weighted by molar-refractivity contribution is 14.0. The van der Waals surface area contributed by atoms with Crippen LogP contribution in [0.3, 0.4) is 0 Å². The number of nitrogens with zero attached hydrogens (tertiary/aromatic N) is 4. The summed E-state index contributed by atoms with van der Waals surface area (Å²) in [5.74, 6) is 1.31. The largest absolute Gasteiger partial charge is 0.357 e. The Morgan fingerprint density at radius 3 is 2.79 bits per heavy atom. The summed E-state index contributed by atoms with van der Waals surface area (Å²) in [6.07, 6.45) is 4.24. The number of anilines is 1. The van der Waals surface area contributed by atoms with Gasteiger partial charge in [0, 0.05) is 51.3 Å². The molecular weight excluding hydrogens is 507 g/mol. The molecule has 0 saturated carbocycles. The number of guanidine groups is 1. The minimum atomic E-state index is -0.0944. The fraction of sp³-hybridized carbons (Fsp3) is 0.579.